The van der Waals surface area contributed by atoms with Crippen LogP contribution in [0.15, 0.2) is 24.3 Å². The predicted octanol–water partition coefficient (Wildman–Crippen LogP) is 3.18. The number of aromatic hydroxyl groups is 1. The van der Waals surface area contributed by atoms with E-state index in [2.05, 4.69) is 19.9 Å². The molecular weight excluding hydrogens is 264 g/mol. The van der Waals surface area contributed by atoms with Crippen molar-refractivity contribution in [2.75, 3.05) is 7.11 Å². The SMILES string of the molecule is CC[C@@]12c3c(ccc(O)c3OC)CC[C@@H]1C=CC(O)C2C. The first-order valence-corrected chi connectivity index (χ1v) is 7.82. The second-order valence-corrected chi connectivity index (χ2v) is 6.36. The van der Waals surface area contributed by atoms with Crippen molar-refractivity contribution in [3.05, 3.63) is 35.4 Å². The van der Waals surface area contributed by atoms with Crippen molar-refractivity contribution in [2.45, 2.75) is 44.6 Å². The molecule has 2 aliphatic rings. The molecule has 0 aromatic heterocycles. The van der Waals surface area contributed by atoms with E-state index in [0.717, 1.165) is 24.8 Å². The van der Waals surface area contributed by atoms with Gasteiger partial charge in [-0.2, -0.15) is 0 Å². The smallest absolute Gasteiger partial charge is 0.164 e. The van der Waals surface area contributed by atoms with Crippen LogP contribution in [0.3, 0.4) is 0 Å². The number of phenolic OH excluding ortho intramolecular Hbond substituents is 1. The molecule has 0 heterocycles. The highest BCUT2D eigenvalue weighted by atomic mass is 16.5. The minimum absolute atomic E-state index is 0.104. The minimum atomic E-state index is -0.445. The van der Waals surface area contributed by atoms with Crippen LogP contribution in [0.5, 0.6) is 11.5 Å². The Labute approximate surface area is 126 Å². The lowest BCUT2D eigenvalue weighted by atomic mass is 9.53. The Morgan fingerprint density at radius 2 is 2.10 bits per heavy atom. The van der Waals surface area contributed by atoms with Gasteiger partial charge in [-0.15, -0.1) is 0 Å². The molecule has 4 atom stereocenters. The van der Waals surface area contributed by atoms with Gasteiger partial charge in [0, 0.05) is 11.0 Å². The molecule has 0 spiro atoms. The summed E-state index contributed by atoms with van der Waals surface area (Å²) in [6.45, 7) is 4.29. The molecular formula is C18H24O3. The number of rotatable bonds is 2. The Hall–Kier alpha value is -1.48. The van der Waals surface area contributed by atoms with Crippen LogP contribution in [0.25, 0.3) is 0 Å². The van der Waals surface area contributed by atoms with Gasteiger partial charge in [-0.25, -0.2) is 0 Å². The van der Waals surface area contributed by atoms with Crippen LogP contribution in [0.1, 0.15) is 37.8 Å². The van der Waals surface area contributed by atoms with Gasteiger partial charge in [0.15, 0.2) is 11.5 Å². The Kier molecular flexibility index (Phi) is 3.48. The fraction of sp³-hybridized carbons (Fsp3) is 0.556. The fourth-order valence-corrected chi connectivity index (χ4v) is 4.61. The molecule has 0 bridgehead atoms. The van der Waals surface area contributed by atoms with Crippen molar-refractivity contribution in [3.8, 4) is 11.5 Å². The summed E-state index contributed by atoms with van der Waals surface area (Å²) in [5.41, 5.74) is 2.20. The number of aryl methyl sites for hydroxylation is 1. The van der Waals surface area contributed by atoms with Crippen LogP contribution in [0.4, 0.5) is 0 Å². The quantitative estimate of drug-likeness (QED) is 0.822. The van der Waals surface area contributed by atoms with E-state index in [4.69, 9.17) is 4.74 Å². The first kappa shape index (κ1) is 14.5. The standard InChI is InChI=1S/C18H24O3/c1-4-18-11(2)14(19)10-8-13(18)7-5-12-6-9-15(20)17(21-3)16(12)18/h6,8-11,13-14,19-20H,4-5,7H2,1-3H3/t11?,13-,14?,18+/m1/s1. The lowest BCUT2D eigenvalue weighted by Gasteiger charge is -2.52. The number of benzene rings is 1. The molecule has 1 aromatic rings. The van der Waals surface area contributed by atoms with Crippen molar-refractivity contribution in [3.63, 3.8) is 0 Å². The van der Waals surface area contributed by atoms with Crippen LogP contribution in [0, 0.1) is 11.8 Å². The summed E-state index contributed by atoms with van der Waals surface area (Å²) in [4.78, 5) is 0. The Morgan fingerprint density at radius 3 is 2.76 bits per heavy atom. The topological polar surface area (TPSA) is 49.7 Å². The highest BCUT2D eigenvalue weighted by molar-refractivity contribution is 5.56. The van der Waals surface area contributed by atoms with Crippen LogP contribution in [-0.4, -0.2) is 23.4 Å². The van der Waals surface area contributed by atoms with E-state index in [0.29, 0.717) is 11.7 Å². The summed E-state index contributed by atoms with van der Waals surface area (Å²) in [5, 5.41) is 20.6. The molecule has 0 fully saturated rings. The largest absolute Gasteiger partial charge is 0.504 e. The second-order valence-electron chi connectivity index (χ2n) is 6.36. The summed E-state index contributed by atoms with van der Waals surface area (Å²) in [5.74, 6) is 1.28. The van der Waals surface area contributed by atoms with Gasteiger partial charge in [-0.05, 0) is 42.7 Å². The van der Waals surface area contributed by atoms with Gasteiger partial charge in [0.2, 0.25) is 0 Å². The molecule has 0 radical (unpaired) electrons. The van der Waals surface area contributed by atoms with E-state index in [1.165, 1.54) is 5.56 Å². The number of ether oxygens (including phenoxy) is 1. The summed E-state index contributed by atoms with van der Waals surface area (Å²) in [6, 6.07) is 3.74. The molecule has 1 aromatic carbocycles. The Morgan fingerprint density at radius 1 is 1.33 bits per heavy atom. The molecule has 3 rings (SSSR count). The lowest BCUT2D eigenvalue weighted by Crippen LogP contribution is -2.50. The molecule has 3 nitrogen and oxygen atoms in total. The van der Waals surface area contributed by atoms with Crippen molar-refractivity contribution >= 4 is 0 Å². The summed E-state index contributed by atoms with van der Waals surface area (Å²) >= 11 is 0. The van der Waals surface area contributed by atoms with E-state index in [1.807, 2.05) is 12.1 Å². The lowest BCUT2D eigenvalue weighted by molar-refractivity contribution is 0.0531. The number of methoxy groups -OCH3 is 1. The van der Waals surface area contributed by atoms with Crippen LogP contribution in [0.2, 0.25) is 0 Å². The van der Waals surface area contributed by atoms with Gasteiger partial charge in [0.05, 0.1) is 13.2 Å². The molecule has 21 heavy (non-hydrogen) atoms. The molecule has 0 saturated carbocycles. The van der Waals surface area contributed by atoms with E-state index in [-0.39, 0.29) is 17.1 Å². The number of fused-ring (bicyclic) bond motifs is 3. The third kappa shape index (κ3) is 1.83. The normalized spacial score (nSPS) is 34.2. The zero-order valence-corrected chi connectivity index (χ0v) is 13.0. The zero-order valence-electron chi connectivity index (χ0n) is 13.0. The average molecular weight is 288 g/mol. The van der Waals surface area contributed by atoms with Crippen molar-refractivity contribution in [2.24, 2.45) is 11.8 Å². The molecule has 114 valence electrons. The van der Waals surface area contributed by atoms with E-state index < -0.39 is 6.10 Å². The number of allylic oxidation sites excluding steroid dienone is 1. The van der Waals surface area contributed by atoms with E-state index >= 15 is 0 Å². The first-order valence-electron chi connectivity index (χ1n) is 7.82. The molecule has 2 N–H and O–H groups in total. The van der Waals surface area contributed by atoms with Crippen molar-refractivity contribution < 1.29 is 14.9 Å². The summed E-state index contributed by atoms with van der Waals surface area (Å²) < 4.78 is 5.55. The Balaban J connectivity index is 2.30. The van der Waals surface area contributed by atoms with Crippen LogP contribution < -0.4 is 4.74 Å². The van der Waals surface area contributed by atoms with Crippen molar-refractivity contribution in [1.82, 2.24) is 0 Å². The summed E-state index contributed by atoms with van der Waals surface area (Å²) in [6.07, 6.45) is 6.66. The highest BCUT2D eigenvalue weighted by Crippen LogP contribution is 2.56. The van der Waals surface area contributed by atoms with Crippen LogP contribution >= 0.6 is 0 Å². The number of aliphatic hydroxyl groups is 1. The van der Waals surface area contributed by atoms with Gasteiger partial charge in [0.1, 0.15) is 0 Å². The van der Waals surface area contributed by atoms with Gasteiger partial charge in [0.25, 0.3) is 0 Å². The minimum Gasteiger partial charge on any atom is -0.504 e. The van der Waals surface area contributed by atoms with E-state index in [1.54, 1.807) is 13.2 Å². The van der Waals surface area contributed by atoms with Gasteiger partial charge in [-0.1, -0.05) is 32.1 Å². The molecule has 0 saturated heterocycles. The number of hydrogen-bond acceptors (Lipinski definition) is 3. The zero-order chi connectivity index (χ0) is 15.2. The monoisotopic (exact) mass is 288 g/mol. The van der Waals surface area contributed by atoms with Gasteiger partial charge < -0.3 is 14.9 Å². The predicted molar refractivity (Wildman–Crippen MR) is 82.7 cm³/mol. The second kappa shape index (κ2) is 5.06. The maximum absolute atomic E-state index is 10.4. The summed E-state index contributed by atoms with van der Waals surface area (Å²) in [7, 11) is 1.61. The Bertz CT molecular complexity index is 578. The third-order valence-corrected chi connectivity index (χ3v) is 5.73. The number of aliphatic hydroxyl groups excluding tert-OH is 1. The van der Waals surface area contributed by atoms with Crippen LogP contribution in [-0.2, 0) is 11.8 Å². The fourth-order valence-electron chi connectivity index (χ4n) is 4.61. The van der Waals surface area contributed by atoms with Gasteiger partial charge >= 0.3 is 0 Å². The first-order chi connectivity index (χ1) is 10.1. The number of hydrogen-bond donors (Lipinski definition) is 2. The maximum Gasteiger partial charge on any atom is 0.164 e. The highest BCUT2D eigenvalue weighted by Gasteiger charge is 2.51. The average Bonchev–Trinajstić information content (AvgIpc) is 2.50. The molecule has 0 aliphatic heterocycles. The molecule has 2 aliphatic carbocycles. The molecule has 2 unspecified atom stereocenters. The number of phenols is 1. The molecule has 3 heteroatoms. The third-order valence-electron chi connectivity index (χ3n) is 5.73. The van der Waals surface area contributed by atoms with Crippen molar-refractivity contribution in [1.29, 1.82) is 0 Å². The molecule has 0 amide bonds. The van der Waals surface area contributed by atoms with Gasteiger partial charge in [-0.3, -0.25) is 0 Å². The maximum atomic E-state index is 10.4. The van der Waals surface area contributed by atoms with E-state index in [9.17, 15) is 10.2 Å².